The third kappa shape index (κ3) is 20.9. The number of amides is 6. The van der Waals surface area contributed by atoms with E-state index in [0.717, 1.165) is 25.0 Å². The summed E-state index contributed by atoms with van der Waals surface area (Å²) in [5.74, 6) is -3.58. The SMILES string of the molecule is CCNC(=O)[C@@H]1CCCN1C(=O)[C@H](CCC(=O)O)NC(=O)[C@@H](CC(=O)[C@H](Cc1cnc[nH]1)NC(=O)COCCOCCNC(=O)COCCOCCCC(=O)CCCC[C@@H]1SC[C@@H]2NC(=O)C[C@@H]21)Cc1cnc[nH]1. The number of ketones is 2. The molecule has 0 saturated carbocycles. The van der Waals surface area contributed by atoms with Crippen LogP contribution < -0.4 is 26.6 Å². The van der Waals surface area contributed by atoms with Crippen LogP contribution in [0.5, 0.6) is 0 Å². The third-order valence-electron chi connectivity index (χ3n) is 13.0. The van der Waals surface area contributed by atoms with Crippen molar-refractivity contribution in [3.05, 3.63) is 36.4 Å². The molecule has 3 fully saturated rings. The van der Waals surface area contributed by atoms with Gasteiger partial charge in [0.1, 0.15) is 31.1 Å². The van der Waals surface area contributed by atoms with Crippen molar-refractivity contribution in [2.24, 2.45) is 11.8 Å². The highest BCUT2D eigenvalue weighted by atomic mass is 32.2. The van der Waals surface area contributed by atoms with E-state index in [1.807, 2.05) is 11.8 Å². The number of ether oxygens (including phenoxy) is 4. The first-order valence-electron chi connectivity index (χ1n) is 25.7. The van der Waals surface area contributed by atoms with Crippen LogP contribution in [-0.2, 0) is 74.9 Å². The molecule has 410 valence electrons. The van der Waals surface area contributed by atoms with Crippen molar-refractivity contribution in [1.29, 1.82) is 0 Å². The molecular weight excluding hydrogens is 985 g/mol. The Labute approximate surface area is 434 Å². The average molecular weight is 1060 g/mol. The van der Waals surface area contributed by atoms with Crippen molar-refractivity contribution in [3.63, 3.8) is 0 Å². The molecule has 6 amide bonds. The Morgan fingerprint density at radius 1 is 0.811 bits per heavy atom. The summed E-state index contributed by atoms with van der Waals surface area (Å²) in [4.78, 5) is 131. The Balaban J connectivity index is 0.946. The number of imidazole rings is 2. The van der Waals surface area contributed by atoms with Gasteiger partial charge in [0, 0.05) is 118 Å². The third-order valence-corrected chi connectivity index (χ3v) is 14.5. The van der Waals surface area contributed by atoms with Crippen LogP contribution in [0, 0.1) is 11.8 Å². The molecular formula is C49H74N10O14S. The summed E-state index contributed by atoms with van der Waals surface area (Å²) in [6.07, 6.45) is 10.8. The van der Waals surface area contributed by atoms with Crippen molar-refractivity contribution in [2.75, 3.05) is 78.2 Å². The van der Waals surface area contributed by atoms with Gasteiger partial charge in [-0.2, -0.15) is 11.8 Å². The Morgan fingerprint density at radius 2 is 1.50 bits per heavy atom. The van der Waals surface area contributed by atoms with Crippen LogP contribution in [-0.4, -0.2) is 191 Å². The van der Waals surface area contributed by atoms with E-state index >= 15 is 0 Å². The van der Waals surface area contributed by atoms with Crippen LogP contribution in [0.4, 0.5) is 0 Å². The standard InChI is InChI=1S/C49H74N10O14S/c1-2-52-48(68)40-9-5-14-59(40)49(69)37(11-12-46(65)66)58-47(67)32(21-33-25-50-30-54-33)22-41(61)38(23-34-26-51-31-55-34)56-45(64)28-73-20-18-71-16-13-53-44(63)27-72-19-17-70-15-6-8-35(60)7-3-4-10-42-36-24-43(62)57-39(36)29-74-42/h25-26,30-32,36-40,42H,2-24,27-29H2,1H3,(H,50,54)(H,51,55)(H,52,68)(H,53,63)(H,56,64)(H,57,62)(H,58,67)(H,65,66)/t32-,36+,37+,38+,39+,40+,42+/m1/s1. The summed E-state index contributed by atoms with van der Waals surface area (Å²) in [7, 11) is 0. The van der Waals surface area contributed by atoms with Gasteiger partial charge in [-0.3, -0.25) is 43.2 Å². The van der Waals surface area contributed by atoms with E-state index in [-0.39, 0.29) is 88.9 Å². The van der Waals surface area contributed by atoms with Crippen molar-refractivity contribution in [2.45, 2.75) is 126 Å². The first-order chi connectivity index (χ1) is 35.8. The van der Waals surface area contributed by atoms with Crippen molar-refractivity contribution in [3.8, 4) is 0 Å². The lowest BCUT2D eigenvalue weighted by molar-refractivity contribution is -0.143. The first kappa shape index (κ1) is 59.1. The molecule has 2 aromatic rings. The monoisotopic (exact) mass is 1060 g/mol. The maximum Gasteiger partial charge on any atom is 0.303 e. The molecule has 0 bridgehead atoms. The van der Waals surface area contributed by atoms with Gasteiger partial charge in [-0.25, -0.2) is 9.97 Å². The van der Waals surface area contributed by atoms with Crippen LogP contribution >= 0.6 is 11.8 Å². The van der Waals surface area contributed by atoms with Crippen LogP contribution in [0.15, 0.2) is 25.0 Å². The van der Waals surface area contributed by atoms with Crippen LogP contribution in [0.3, 0.4) is 0 Å². The molecule has 0 radical (unpaired) electrons. The minimum atomic E-state index is -1.30. The molecule has 0 unspecified atom stereocenters. The van der Waals surface area contributed by atoms with Crippen LogP contribution in [0.1, 0.15) is 95.4 Å². The van der Waals surface area contributed by atoms with Crippen molar-refractivity contribution in [1.82, 2.24) is 51.4 Å². The minimum Gasteiger partial charge on any atom is -0.481 e. The molecule has 25 heteroatoms. The number of hydrogen-bond donors (Lipinski definition) is 8. The molecule has 5 rings (SSSR count). The second kappa shape index (κ2) is 32.5. The largest absolute Gasteiger partial charge is 0.481 e. The number of likely N-dealkylation sites (N-methyl/N-ethyl adjacent to an activating group) is 1. The lowest BCUT2D eigenvalue weighted by Crippen LogP contribution is -2.54. The highest BCUT2D eigenvalue weighted by molar-refractivity contribution is 8.00. The predicted molar refractivity (Wildman–Crippen MR) is 267 cm³/mol. The molecule has 24 nitrogen and oxygen atoms in total. The molecule has 0 aromatic carbocycles. The summed E-state index contributed by atoms with van der Waals surface area (Å²) in [5, 5.41) is 23.8. The number of aliphatic carboxylic acids is 1. The molecule has 0 aliphatic carbocycles. The van der Waals surface area contributed by atoms with Crippen molar-refractivity contribution < 1.29 is 67.2 Å². The number of carbonyl (C=O) groups is 9. The number of aromatic amines is 2. The lowest BCUT2D eigenvalue weighted by atomic mass is 9.91. The van der Waals surface area contributed by atoms with E-state index in [9.17, 15) is 48.3 Å². The topological polar surface area (TPSA) is 332 Å². The number of carboxylic acids is 1. The Bertz CT molecular complexity index is 2110. The van der Waals surface area contributed by atoms with Crippen molar-refractivity contribution >= 4 is 64.7 Å². The quantitative estimate of drug-likeness (QED) is 0.0416. The smallest absolute Gasteiger partial charge is 0.303 e. The van der Waals surface area contributed by atoms with Crippen LogP contribution in [0.25, 0.3) is 0 Å². The molecule has 8 N–H and O–H groups in total. The van der Waals surface area contributed by atoms with Crippen LogP contribution in [0.2, 0.25) is 0 Å². The fourth-order valence-corrected chi connectivity index (χ4v) is 10.8. The normalized spacial score (nSPS) is 19.3. The van der Waals surface area contributed by atoms with E-state index in [4.69, 9.17) is 18.9 Å². The first-order valence-corrected chi connectivity index (χ1v) is 26.7. The summed E-state index contributed by atoms with van der Waals surface area (Å²) in [6.45, 7) is 3.21. The number of nitrogens with one attached hydrogen (secondary N) is 7. The Morgan fingerprint density at radius 3 is 2.20 bits per heavy atom. The number of carboxylic acid groups (broad SMARTS) is 1. The zero-order chi connectivity index (χ0) is 53.1. The zero-order valence-corrected chi connectivity index (χ0v) is 43.1. The van der Waals surface area contributed by atoms with Gasteiger partial charge in [0.25, 0.3) is 0 Å². The molecule has 3 aliphatic rings. The van der Waals surface area contributed by atoms with Gasteiger partial charge in [0.15, 0.2) is 5.78 Å². The lowest BCUT2D eigenvalue weighted by Gasteiger charge is -2.29. The molecule has 3 saturated heterocycles. The maximum atomic E-state index is 14.1. The van der Waals surface area contributed by atoms with Gasteiger partial charge in [-0.05, 0) is 45.4 Å². The number of unbranched alkanes of at least 4 members (excludes halogenated alkanes) is 1. The second-order valence-corrected chi connectivity index (χ2v) is 19.9. The number of rotatable bonds is 38. The number of H-pyrrole nitrogens is 2. The number of carbonyl (C=O) groups excluding carboxylic acids is 8. The van der Waals surface area contributed by atoms with Gasteiger partial charge in [0.05, 0.1) is 57.6 Å². The van der Waals surface area contributed by atoms with Gasteiger partial charge in [-0.1, -0.05) is 6.42 Å². The number of nitrogens with zero attached hydrogens (tertiary/aromatic N) is 3. The van der Waals surface area contributed by atoms with E-state index in [0.29, 0.717) is 86.9 Å². The minimum absolute atomic E-state index is 0.00280. The number of hydrogen-bond acceptors (Lipinski definition) is 16. The number of thioether (sulfide) groups is 1. The van der Waals surface area contributed by atoms with E-state index in [1.54, 1.807) is 6.92 Å². The fraction of sp³-hybridized carbons (Fsp3) is 0.694. The summed E-state index contributed by atoms with van der Waals surface area (Å²) in [6, 6.07) is -2.88. The van der Waals surface area contributed by atoms with E-state index in [1.165, 1.54) is 29.9 Å². The number of likely N-dealkylation sites (tertiary alicyclic amines) is 1. The fourth-order valence-electron chi connectivity index (χ4n) is 9.19. The summed E-state index contributed by atoms with van der Waals surface area (Å²) in [5.41, 5.74) is 1.04. The molecule has 7 atom stereocenters. The van der Waals surface area contributed by atoms with Gasteiger partial charge in [-0.15, -0.1) is 0 Å². The predicted octanol–water partition coefficient (Wildman–Crippen LogP) is 0.167. The molecule has 3 aliphatic heterocycles. The second-order valence-electron chi connectivity index (χ2n) is 18.6. The van der Waals surface area contributed by atoms with E-state index in [2.05, 4.69) is 46.5 Å². The summed E-state index contributed by atoms with van der Waals surface area (Å²) < 4.78 is 21.9. The number of aromatic nitrogens is 4. The number of Topliss-reactive ketones (excluding diaryl/α,β-unsaturated/α-hetero) is 2. The van der Waals surface area contributed by atoms with E-state index < -0.39 is 73.0 Å². The molecule has 0 spiro atoms. The highest BCUT2D eigenvalue weighted by Crippen LogP contribution is 2.40. The highest BCUT2D eigenvalue weighted by Gasteiger charge is 2.43. The summed E-state index contributed by atoms with van der Waals surface area (Å²) >= 11 is 1.94. The van der Waals surface area contributed by atoms with Gasteiger partial charge >= 0.3 is 5.97 Å². The Hall–Kier alpha value is -5.76. The Kier molecular flexibility index (Phi) is 26.0. The molecule has 2 aromatic heterocycles. The molecule has 74 heavy (non-hydrogen) atoms. The average Bonchev–Trinajstić information content (AvgIpc) is 4.25. The molecule has 5 heterocycles. The van der Waals surface area contributed by atoms with Gasteiger partial charge < -0.3 is 65.5 Å². The number of fused-ring (bicyclic) bond motifs is 1. The maximum absolute atomic E-state index is 14.1. The van der Waals surface area contributed by atoms with Gasteiger partial charge in [0.2, 0.25) is 35.4 Å². The zero-order valence-electron chi connectivity index (χ0n) is 42.2.